The minimum Gasteiger partial charge on any atom is -0.321 e. The first kappa shape index (κ1) is 15.5. The maximum Gasteiger partial charge on any atom is 0.356 e. The summed E-state index contributed by atoms with van der Waals surface area (Å²) in [5.74, 6) is 0. The Morgan fingerprint density at radius 3 is 1.39 bits per heavy atom. The van der Waals surface area contributed by atoms with Crippen LogP contribution in [0.2, 0.25) is 0 Å². The van der Waals surface area contributed by atoms with Crippen molar-refractivity contribution in [1.82, 2.24) is 0 Å². The SMILES string of the molecule is O=P(O)(O)c1ccc(N(c2ccccc2)c2ccccc2)cc1. The molecule has 5 heteroatoms. The van der Waals surface area contributed by atoms with Crippen LogP contribution in [0.5, 0.6) is 0 Å². The van der Waals surface area contributed by atoms with Gasteiger partial charge in [-0.2, -0.15) is 0 Å². The van der Waals surface area contributed by atoms with Crippen LogP contribution in [0.1, 0.15) is 0 Å². The van der Waals surface area contributed by atoms with Gasteiger partial charge >= 0.3 is 7.60 Å². The Morgan fingerprint density at radius 1 is 0.609 bits per heavy atom. The lowest BCUT2D eigenvalue weighted by molar-refractivity contribution is 0.387. The molecule has 116 valence electrons. The Kier molecular flexibility index (Phi) is 4.30. The molecule has 0 fully saturated rings. The molecule has 3 rings (SSSR count). The number of hydrogen-bond acceptors (Lipinski definition) is 2. The molecular formula is C18H16NO3P. The van der Waals surface area contributed by atoms with Crippen molar-refractivity contribution in [2.45, 2.75) is 0 Å². The van der Waals surface area contributed by atoms with Gasteiger partial charge in [0.25, 0.3) is 0 Å². The molecule has 2 N–H and O–H groups in total. The van der Waals surface area contributed by atoms with Crippen molar-refractivity contribution in [3.63, 3.8) is 0 Å². The lowest BCUT2D eigenvalue weighted by Crippen LogP contribution is -2.11. The van der Waals surface area contributed by atoms with Crippen LogP contribution in [0.15, 0.2) is 84.9 Å². The van der Waals surface area contributed by atoms with Gasteiger partial charge in [-0.05, 0) is 48.5 Å². The lowest BCUT2D eigenvalue weighted by Gasteiger charge is -2.25. The van der Waals surface area contributed by atoms with Crippen molar-refractivity contribution >= 4 is 30.0 Å². The first-order valence-electron chi connectivity index (χ1n) is 7.12. The first-order valence-corrected chi connectivity index (χ1v) is 8.73. The quantitative estimate of drug-likeness (QED) is 0.713. The summed E-state index contributed by atoms with van der Waals surface area (Å²) in [7, 11) is -4.23. The molecule has 0 heterocycles. The van der Waals surface area contributed by atoms with E-state index in [1.54, 1.807) is 12.1 Å². The lowest BCUT2D eigenvalue weighted by atomic mass is 10.2. The van der Waals surface area contributed by atoms with E-state index in [-0.39, 0.29) is 5.30 Å². The number of para-hydroxylation sites is 2. The van der Waals surface area contributed by atoms with E-state index in [9.17, 15) is 14.4 Å². The molecular weight excluding hydrogens is 309 g/mol. The highest BCUT2D eigenvalue weighted by atomic mass is 31.2. The maximum atomic E-state index is 11.3. The Balaban J connectivity index is 2.08. The Bertz CT molecular complexity index is 774. The van der Waals surface area contributed by atoms with Crippen molar-refractivity contribution in [2.75, 3.05) is 4.90 Å². The average Bonchev–Trinajstić information content (AvgIpc) is 2.57. The highest BCUT2D eigenvalue weighted by Gasteiger charge is 2.18. The fourth-order valence-corrected chi connectivity index (χ4v) is 2.93. The fourth-order valence-electron chi connectivity index (χ4n) is 2.40. The zero-order chi connectivity index (χ0) is 16.3. The number of anilines is 3. The summed E-state index contributed by atoms with van der Waals surface area (Å²) in [4.78, 5) is 20.5. The second-order valence-corrected chi connectivity index (χ2v) is 6.67. The third kappa shape index (κ3) is 3.51. The molecule has 0 aliphatic carbocycles. The molecule has 4 nitrogen and oxygen atoms in total. The van der Waals surface area contributed by atoms with Crippen LogP contribution in [0.3, 0.4) is 0 Å². The van der Waals surface area contributed by atoms with E-state index in [1.165, 1.54) is 12.1 Å². The molecule has 3 aromatic rings. The molecule has 0 aliphatic rings. The van der Waals surface area contributed by atoms with Crippen LogP contribution >= 0.6 is 7.60 Å². The van der Waals surface area contributed by atoms with Gasteiger partial charge in [0, 0.05) is 17.1 Å². The van der Waals surface area contributed by atoms with Crippen molar-refractivity contribution in [3.05, 3.63) is 84.9 Å². The molecule has 0 aromatic heterocycles. The predicted molar refractivity (Wildman–Crippen MR) is 92.8 cm³/mol. The standard InChI is InChI=1S/C18H16NO3P/c20-23(21,22)18-13-11-17(12-14-18)19(15-7-3-1-4-8-15)16-9-5-2-6-10-16/h1-14H,(H2,20,21,22). The van der Waals surface area contributed by atoms with Crippen LogP contribution in [-0.2, 0) is 4.57 Å². The normalized spacial score (nSPS) is 11.2. The van der Waals surface area contributed by atoms with E-state index in [1.807, 2.05) is 65.6 Å². The van der Waals surface area contributed by atoms with E-state index in [2.05, 4.69) is 0 Å². The van der Waals surface area contributed by atoms with E-state index in [0.717, 1.165) is 17.1 Å². The molecule has 0 bridgehead atoms. The van der Waals surface area contributed by atoms with Gasteiger partial charge in [0.05, 0.1) is 5.30 Å². The Labute approximate surface area is 134 Å². The third-order valence-corrected chi connectivity index (χ3v) is 4.44. The zero-order valence-electron chi connectivity index (χ0n) is 12.3. The minimum atomic E-state index is -4.23. The van der Waals surface area contributed by atoms with Gasteiger partial charge in [-0.1, -0.05) is 36.4 Å². The summed E-state index contributed by atoms with van der Waals surface area (Å²) in [5.41, 5.74) is 2.78. The smallest absolute Gasteiger partial charge is 0.321 e. The third-order valence-electron chi connectivity index (χ3n) is 3.47. The maximum absolute atomic E-state index is 11.3. The summed E-state index contributed by atoms with van der Waals surface area (Å²) < 4.78 is 11.3. The van der Waals surface area contributed by atoms with E-state index < -0.39 is 7.60 Å². The van der Waals surface area contributed by atoms with E-state index >= 15 is 0 Å². The highest BCUT2D eigenvalue weighted by molar-refractivity contribution is 7.60. The summed E-state index contributed by atoms with van der Waals surface area (Å²) in [6.07, 6.45) is 0. The summed E-state index contributed by atoms with van der Waals surface area (Å²) in [6.45, 7) is 0. The first-order chi connectivity index (χ1) is 11.1. The summed E-state index contributed by atoms with van der Waals surface area (Å²) >= 11 is 0. The second-order valence-electron chi connectivity index (χ2n) is 5.07. The number of nitrogens with zero attached hydrogens (tertiary/aromatic N) is 1. The number of hydrogen-bond donors (Lipinski definition) is 2. The Hall–Kier alpha value is -2.39. The Morgan fingerprint density at radius 2 is 1.00 bits per heavy atom. The number of benzene rings is 3. The molecule has 0 aliphatic heterocycles. The van der Waals surface area contributed by atoms with Crippen LogP contribution < -0.4 is 10.2 Å². The predicted octanol–water partition coefficient (Wildman–Crippen LogP) is 3.96. The largest absolute Gasteiger partial charge is 0.356 e. The molecule has 0 unspecified atom stereocenters. The molecule has 23 heavy (non-hydrogen) atoms. The molecule has 0 atom stereocenters. The highest BCUT2D eigenvalue weighted by Crippen LogP contribution is 2.37. The van der Waals surface area contributed by atoms with Gasteiger partial charge < -0.3 is 14.7 Å². The van der Waals surface area contributed by atoms with Crippen LogP contribution in [0.25, 0.3) is 0 Å². The summed E-state index contributed by atoms with van der Waals surface area (Å²) in [6, 6.07) is 26.0. The van der Waals surface area contributed by atoms with Crippen LogP contribution in [0, 0.1) is 0 Å². The van der Waals surface area contributed by atoms with Crippen molar-refractivity contribution < 1.29 is 14.4 Å². The monoisotopic (exact) mass is 325 g/mol. The van der Waals surface area contributed by atoms with E-state index in [0.29, 0.717) is 0 Å². The molecule has 0 saturated carbocycles. The minimum absolute atomic E-state index is 0.0160. The van der Waals surface area contributed by atoms with Gasteiger partial charge in [0.2, 0.25) is 0 Å². The van der Waals surface area contributed by atoms with Gasteiger partial charge in [-0.3, -0.25) is 4.57 Å². The van der Waals surface area contributed by atoms with E-state index in [4.69, 9.17) is 0 Å². The van der Waals surface area contributed by atoms with Crippen LogP contribution in [-0.4, -0.2) is 9.79 Å². The fraction of sp³-hybridized carbons (Fsp3) is 0. The molecule has 0 radical (unpaired) electrons. The van der Waals surface area contributed by atoms with Crippen molar-refractivity contribution in [1.29, 1.82) is 0 Å². The van der Waals surface area contributed by atoms with Gasteiger partial charge in [0.1, 0.15) is 0 Å². The molecule has 0 amide bonds. The van der Waals surface area contributed by atoms with Gasteiger partial charge in [0.15, 0.2) is 0 Å². The topological polar surface area (TPSA) is 60.8 Å². The van der Waals surface area contributed by atoms with Crippen molar-refractivity contribution in [3.8, 4) is 0 Å². The van der Waals surface area contributed by atoms with Crippen molar-refractivity contribution in [2.24, 2.45) is 0 Å². The summed E-state index contributed by atoms with van der Waals surface area (Å²) in [5, 5.41) is 0.0160. The zero-order valence-corrected chi connectivity index (χ0v) is 13.2. The number of rotatable bonds is 4. The average molecular weight is 325 g/mol. The molecule has 3 aromatic carbocycles. The second kappa shape index (κ2) is 6.39. The van der Waals surface area contributed by atoms with Gasteiger partial charge in [-0.15, -0.1) is 0 Å². The van der Waals surface area contributed by atoms with Gasteiger partial charge in [-0.25, -0.2) is 0 Å². The molecule has 0 spiro atoms. The van der Waals surface area contributed by atoms with Crippen LogP contribution in [0.4, 0.5) is 17.1 Å². The molecule has 0 saturated heterocycles.